The first kappa shape index (κ1) is 22.5. The summed E-state index contributed by atoms with van der Waals surface area (Å²) in [6.07, 6.45) is 4.62. The van der Waals surface area contributed by atoms with E-state index in [2.05, 4.69) is 10.3 Å². The summed E-state index contributed by atoms with van der Waals surface area (Å²) in [5.41, 5.74) is 3.12. The number of nitrogens with zero attached hydrogens (tertiary/aromatic N) is 2. The first-order valence-corrected chi connectivity index (χ1v) is 11.1. The molecular weight excluding hydrogens is 421 g/mol. The molecule has 2 aromatic carbocycles. The summed E-state index contributed by atoms with van der Waals surface area (Å²) in [5.74, 6) is -0.488. The minimum Gasteiger partial charge on any atom is -0.491 e. The fourth-order valence-electron chi connectivity index (χ4n) is 3.93. The lowest BCUT2D eigenvalue weighted by Gasteiger charge is -2.35. The van der Waals surface area contributed by atoms with Gasteiger partial charge in [0, 0.05) is 38.3 Å². The first-order chi connectivity index (χ1) is 16.1. The lowest BCUT2D eigenvalue weighted by atomic mass is 9.99. The van der Waals surface area contributed by atoms with Gasteiger partial charge in [-0.2, -0.15) is 0 Å². The second kappa shape index (κ2) is 10.7. The third kappa shape index (κ3) is 5.74. The summed E-state index contributed by atoms with van der Waals surface area (Å²) in [4.78, 5) is 31.1. The molecule has 6 nitrogen and oxygen atoms in total. The van der Waals surface area contributed by atoms with Crippen LogP contribution in [0.5, 0.6) is 5.75 Å². The Kier molecular flexibility index (Phi) is 7.29. The Morgan fingerprint density at radius 3 is 2.55 bits per heavy atom. The van der Waals surface area contributed by atoms with E-state index in [-0.39, 0.29) is 30.6 Å². The number of carbonyl (C=O) groups is 2. The molecule has 1 unspecified atom stereocenters. The molecular formula is C26H26FN3O3. The molecule has 33 heavy (non-hydrogen) atoms. The quantitative estimate of drug-likeness (QED) is 0.536. The van der Waals surface area contributed by atoms with Gasteiger partial charge < -0.3 is 15.0 Å². The van der Waals surface area contributed by atoms with Crippen molar-refractivity contribution >= 4 is 11.8 Å². The van der Waals surface area contributed by atoms with E-state index in [4.69, 9.17) is 4.74 Å². The molecule has 1 atom stereocenters. The monoisotopic (exact) mass is 447 g/mol. The Morgan fingerprint density at radius 2 is 1.79 bits per heavy atom. The average Bonchev–Trinajstić information content (AvgIpc) is 2.85. The van der Waals surface area contributed by atoms with Crippen molar-refractivity contribution in [1.82, 2.24) is 15.2 Å². The number of aromatic nitrogens is 1. The van der Waals surface area contributed by atoms with Crippen LogP contribution in [-0.2, 0) is 16.0 Å². The molecule has 7 heteroatoms. The Morgan fingerprint density at radius 1 is 1.06 bits per heavy atom. The molecule has 2 heterocycles. The number of pyridine rings is 1. The summed E-state index contributed by atoms with van der Waals surface area (Å²) in [7, 11) is 0. The minimum absolute atomic E-state index is 0.0969. The Labute approximate surface area is 192 Å². The molecule has 1 N–H and O–H groups in total. The lowest BCUT2D eigenvalue weighted by molar-refractivity contribution is -0.143. The molecule has 1 aliphatic heterocycles. The van der Waals surface area contributed by atoms with Crippen LogP contribution in [0.15, 0.2) is 73.1 Å². The van der Waals surface area contributed by atoms with Crippen molar-refractivity contribution < 1.29 is 18.7 Å². The third-order valence-electron chi connectivity index (χ3n) is 5.68. The molecule has 170 valence electrons. The van der Waals surface area contributed by atoms with E-state index in [1.807, 2.05) is 36.4 Å². The van der Waals surface area contributed by atoms with Gasteiger partial charge in [0.1, 0.15) is 6.04 Å². The van der Waals surface area contributed by atoms with Gasteiger partial charge in [-0.15, -0.1) is 0 Å². The number of benzene rings is 2. The van der Waals surface area contributed by atoms with Crippen LogP contribution in [-0.4, -0.2) is 47.4 Å². The summed E-state index contributed by atoms with van der Waals surface area (Å²) in [6, 6.07) is 17.5. The van der Waals surface area contributed by atoms with Gasteiger partial charge in [0.2, 0.25) is 11.8 Å². The summed E-state index contributed by atoms with van der Waals surface area (Å²) in [5, 5.41) is 2.86. The number of amides is 2. The van der Waals surface area contributed by atoms with Gasteiger partial charge in [-0.25, -0.2) is 4.39 Å². The van der Waals surface area contributed by atoms with E-state index >= 15 is 0 Å². The van der Waals surface area contributed by atoms with Gasteiger partial charge in [0.05, 0.1) is 6.61 Å². The number of hydrogen-bond acceptors (Lipinski definition) is 4. The van der Waals surface area contributed by atoms with E-state index in [1.54, 1.807) is 35.5 Å². The highest BCUT2D eigenvalue weighted by atomic mass is 19.1. The molecule has 1 aromatic heterocycles. The molecule has 2 amide bonds. The highest BCUT2D eigenvalue weighted by Gasteiger charge is 2.32. The largest absolute Gasteiger partial charge is 0.491 e. The maximum Gasteiger partial charge on any atom is 0.243 e. The summed E-state index contributed by atoms with van der Waals surface area (Å²) >= 11 is 0. The predicted molar refractivity (Wildman–Crippen MR) is 123 cm³/mol. The van der Waals surface area contributed by atoms with Crippen LogP contribution in [0.4, 0.5) is 4.39 Å². The van der Waals surface area contributed by atoms with Crippen LogP contribution in [0.3, 0.4) is 0 Å². The van der Waals surface area contributed by atoms with Gasteiger partial charge in [-0.05, 0) is 47.4 Å². The fourth-order valence-corrected chi connectivity index (χ4v) is 3.93. The number of carbonyl (C=O) groups excluding carboxylic acids is 2. The van der Waals surface area contributed by atoms with E-state index in [1.165, 1.54) is 6.07 Å². The molecule has 1 fully saturated rings. The molecule has 0 aliphatic carbocycles. The van der Waals surface area contributed by atoms with Gasteiger partial charge in [-0.1, -0.05) is 36.4 Å². The Hall–Kier alpha value is -3.74. The van der Waals surface area contributed by atoms with E-state index in [9.17, 15) is 14.0 Å². The maximum atomic E-state index is 13.6. The molecule has 1 saturated heterocycles. The van der Waals surface area contributed by atoms with Crippen molar-refractivity contribution in [3.8, 4) is 16.9 Å². The molecule has 0 spiro atoms. The zero-order valence-electron chi connectivity index (χ0n) is 18.2. The van der Waals surface area contributed by atoms with Crippen LogP contribution in [0.25, 0.3) is 11.1 Å². The fraction of sp³-hybridized carbons (Fsp3) is 0.269. The average molecular weight is 448 g/mol. The van der Waals surface area contributed by atoms with Gasteiger partial charge in [-0.3, -0.25) is 14.6 Å². The first-order valence-electron chi connectivity index (χ1n) is 11.1. The van der Waals surface area contributed by atoms with Crippen molar-refractivity contribution in [3.63, 3.8) is 0 Å². The Bertz CT molecular complexity index is 1090. The standard InChI is InChI=1S/C26H26FN3O3/c27-22-4-1-2-5-24(22)33-17-3-6-25(31)30-16-15-29-26(32)23(30)18-19-7-9-20(10-8-19)21-11-13-28-14-12-21/h1-2,4-5,7-14,23H,3,6,15-18H2,(H,29,32). The predicted octanol–water partition coefficient (Wildman–Crippen LogP) is 3.62. The Balaban J connectivity index is 1.34. The van der Waals surface area contributed by atoms with Gasteiger partial charge >= 0.3 is 0 Å². The molecule has 0 bridgehead atoms. The lowest BCUT2D eigenvalue weighted by Crippen LogP contribution is -2.58. The number of halogens is 1. The number of piperazine rings is 1. The van der Waals surface area contributed by atoms with Gasteiger partial charge in [0.15, 0.2) is 11.6 Å². The number of hydrogen-bond donors (Lipinski definition) is 1. The molecule has 1 aliphatic rings. The van der Waals surface area contributed by atoms with Crippen molar-refractivity contribution in [3.05, 3.63) is 84.4 Å². The van der Waals surface area contributed by atoms with Crippen molar-refractivity contribution in [2.45, 2.75) is 25.3 Å². The second-order valence-electron chi connectivity index (χ2n) is 7.91. The topological polar surface area (TPSA) is 71.5 Å². The van der Waals surface area contributed by atoms with Gasteiger partial charge in [0.25, 0.3) is 0 Å². The van der Waals surface area contributed by atoms with E-state index in [0.29, 0.717) is 25.9 Å². The van der Waals surface area contributed by atoms with Crippen LogP contribution in [0, 0.1) is 5.82 Å². The summed E-state index contributed by atoms with van der Waals surface area (Å²) in [6.45, 7) is 1.14. The molecule has 4 rings (SSSR count). The highest BCUT2D eigenvalue weighted by Crippen LogP contribution is 2.21. The van der Waals surface area contributed by atoms with E-state index in [0.717, 1.165) is 16.7 Å². The number of rotatable bonds is 8. The molecule has 0 saturated carbocycles. The number of ether oxygens (including phenoxy) is 1. The van der Waals surface area contributed by atoms with Crippen LogP contribution >= 0.6 is 0 Å². The summed E-state index contributed by atoms with van der Waals surface area (Å²) < 4.78 is 19.1. The van der Waals surface area contributed by atoms with E-state index < -0.39 is 11.9 Å². The smallest absolute Gasteiger partial charge is 0.243 e. The molecule has 3 aromatic rings. The van der Waals surface area contributed by atoms with Crippen LogP contribution < -0.4 is 10.1 Å². The normalized spacial score (nSPS) is 15.7. The third-order valence-corrected chi connectivity index (χ3v) is 5.68. The van der Waals surface area contributed by atoms with Crippen molar-refractivity contribution in [2.24, 2.45) is 0 Å². The number of para-hydroxylation sites is 1. The highest BCUT2D eigenvalue weighted by molar-refractivity contribution is 5.89. The number of nitrogens with one attached hydrogen (secondary N) is 1. The van der Waals surface area contributed by atoms with Crippen molar-refractivity contribution in [2.75, 3.05) is 19.7 Å². The second-order valence-corrected chi connectivity index (χ2v) is 7.91. The minimum atomic E-state index is -0.550. The van der Waals surface area contributed by atoms with Crippen LogP contribution in [0.2, 0.25) is 0 Å². The van der Waals surface area contributed by atoms with Crippen molar-refractivity contribution in [1.29, 1.82) is 0 Å². The zero-order chi connectivity index (χ0) is 23.0. The molecule has 0 radical (unpaired) electrons. The SMILES string of the molecule is O=C1NCCN(C(=O)CCCOc2ccccc2F)C1Cc1ccc(-c2ccncc2)cc1. The van der Waals surface area contributed by atoms with Crippen LogP contribution in [0.1, 0.15) is 18.4 Å². The maximum absolute atomic E-state index is 13.6. The zero-order valence-corrected chi connectivity index (χ0v) is 18.2.